The summed E-state index contributed by atoms with van der Waals surface area (Å²) in [5.74, 6) is -3.65. The first-order chi connectivity index (χ1) is 9.45. The molecule has 3 N–H and O–H groups in total. The Morgan fingerprint density at radius 2 is 1.80 bits per heavy atom. The van der Waals surface area contributed by atoms with Gasteiger partial charge in [-0.15, -0.1) is 0 Å². The van der Waals surface area contributed by atoms with E-state index in [0.717, 1.165) is 12.1 Å². The second kappa shape index (κ2) is 6.04. The van der Waals surface area contributed by atoms with Crippen LogP contribution in [0.2, 0.25) is 0 Å². The summed E-state index contributed by atoms with van der Waals surface area (Å²) >= 11 is 0. The highest BCUT2D eigenvalue weighted by Gasteiger charge is 2.34. The van der Waals surface area contributed by atoms with Gasteiger partial charge in [0.2, 0.25) is 0 Å². The molecule has 110 valence electrons. The summed E-state index contributed by atoms with van der Waals surface area (Å²) in [5.41, 5.74) is 1.27. The topological polar surface area (TPSA) is 104 Å². The molecule has 2 bridgehead atoms. The van der Waals surface area contributed by atoms with Crippen molar-refractivity contribution in [1.82, 2.24) is 15.1 Å². The van der Waals surface area contributed by atoms with Crippen molar-refractivity contribution in [2.75, 3.05) is 0 Å². The van der Waals surface area contributed by atoms with E-state index in [1.807, 2.05) is 6.20 Å². The predicted molar refractivity (Wildman–Crippen MR) is 70.5 cm³/mol. The molecule has 0 saturated carbocycles. The highest BCUT2D eigenvalue weighted by molar-refractivity contribution is 6.27. The summed E-state index contributed by atoms with van der Waals surface area (Å²) in [7, 11) is 0. The van der Waals surface area contributed by atoms with E-state index in [1.165, 1.54) is 31.2 Å². The SMILES string of the molecule is Cc1cnn(C2CC3CCC(C2)N3)c1.O=C(O)C(=O)O. The highest BCUT2D eigenvalue weighted by atomic mass is 16.4. The Labute approximate surface area is 116 Å². The van der Waals surface area contributed by atoms with Crippen molar-refractivity contribution in [1.29, 1.82) is 0 Å². The molecule has 0 spiro atoms. The zero-order chi connectivity index (χ0) is 14.7. The molecule has 0 aromatic carbocycles. The summed E-state index contributed by atoms with van der Waals surface area (Å²) in [6.07, 6.45) is 9.39. The normalized spacial score (nSPS) is 27.6. The molecule has 2 unspecified atom stereocenters. The van der Waals surface area contributed by atoms with Gasteiger partial charge < -0.3 is 15.5 Å². The smallest absolute Gasteiger partial charge is 0.414 e. The number of carboxylic acids is 2. The minimum absolute atomic E-state index is 0.641. The predicted octanol–water partition coefficient (Wildman–Crippen LogP) is 0.803. The van der Waals surface area contributed by atoms with Crippen LogP contribution in [0.4, 0.5) is 0 Å². The molecule has 0 amide bonds. The van der Waals surface area contributed by atoms with Gasteiger partial charge in [-0.3, -0.25) is 4.68 Å². The molecule has 2 atom stereocenters. The fraction of sp³-hybridized carbons (Fsp3) is 0.615. The summed E-state index contributed by atoms with van der Waals surface area (Å²) in [6, 6.07) is 2.15. The van der Waals surface area contributed by atoms with E-state index < -0.39 is 11.9 Å². The maximum Gasteiger partial charge on any atom is 0.414 e. The lowest BCUT2D eigenvalue weighted by Gasteiger charge is -2.29. The molecule has 1 aromatic heterocycles. The van der Waals surface area contributed by atoms with E-state index in [4.69, 9.17) is 19.8 Å². The van der Waals surface area contributed by atoms with Crippen LogP contribution >= 0.6 is 0 Å². The van der Waals surface area contributed by atoms with Crippen LogP contribution in [-0.2, 0) is 9.59 Å². The first-order valence-electron chi connectivity index (χ1n) is 6.68. The molecule has 1 aromatic rings. The van der Waals surface area contributed by atoms with E-state index in [1.54, 1.807) is 0 Å². The van der Waals surface area contributed by atoms with Crippen molar-refractivity contribution in [3.8, 4) is 0 Å². The fourth-order valence-electron chi connectivity index (χ4n) is 2.88. The lowest BCUT2D eigenvalue weighted by atomic mass is 10.0. The number of nitrogens with one attached hydrogen (secondary N) is 1. The van der Waals surface area contributed by atoms with E-state index in [-0.39, 0.29) is 0 Å². The zero-order valence-electron chi connectivity index (χ0n) is 11.3. The summed E-state index contributed by atoms with van der Waals surface area (Å²) in [4.78, 5) is 18.2. The van der Waals surface area contributed by atoms with E-state index in [0.29, 0.717) is 6.04 Å². The van der Waals surface area contributed by atoms with Crippen molar-refractivity contribution in [3.05, 3.63) is 18.0 Å². The van der Waals surface area contributed by atoms with Gasteiger partial charge in [0.1, 0.15) is 0 Å². The number of aryl methyl sites for hydroxylation is 1. The van der Waals surface area contributed by atoms with Crippen LogP contribution in [0.5, 0.6) is 0 Å². The Hall–Kier alpha value is -1.89. The molecule has 2 aliphatic heterocycles. The Morgan fingerprint density at radius 3 is 2.20 bits per heavy atom. The minimum Gasteiger partial charge on any atom is -0.473 e. The van der Waals surface area contributed by atoms with Crippen LogP contribution in [-0.4, -0.2) is 44.0 Å². The van der Waals surface area contributed by atoms with Gasteiger partial charge in [-0.05, 0) is 38.2 Å². The molecule has 2 fully saturated rings. The van der Waals surface area contributed by atoms with Gasteiger partial charge in [-0.1, -0.05) is 0 Å². The Kier molecular flexibility index (Phi) is 4.39. The van der Waals surface area contributed by atoms with Gasteiger partial charge in [-0.2, -0.15) is 5.10 Å². The number of carbonyl (C=O) groups is 2. The Bertz CT molecular complexity index is 476. The van der Waals surface area contributed by atoms with Crippen LogP contribution in [0.15, 0.2) is 12.4 Å². The number of fused-ring (bicyclic) bond motifs is 2. The number of aromatic nitrogens is 2. The maximum absolute atomic E-state index is 9.10. The summed E-state index contributed by atoms with van der Waals surface area (Å²) < 4.78 is 2.17. The lowest BCUT2D eigenvalue weighted by molar-refractivity contribution is -0.159. The van der Waals surface area contributed by atoms with Crippen LogP contribution in [0.1, 0.15) is 37.3 Å². The van der Waals surface area contributed by atoms with Crippen molar-refractivity contribution in [3.63, 3.8) is 0 Å². The number of aliphatic carboxylic acids is 2. The lowest BCUT2D eigenvalue weighted by Crippen LogP contribution is -2.38. The molecule has 7 nitrogen and oxygen atoms in total. The van der Waals surface area contributed by atoms with Gasteiger partial charge in [0.15, 0.2) is 0 Å². The summed E-state index contributed by atoms with van der Waals surface area (Å²) in [5, 5.41) is 22.9. The van der Waals surface area contributed by atoms with Crippen molar-refractivity contribution in [2.45, 2.75) is 50.7 Å². The van der Waals surface area contributed by atoms with E-state index in [2.05, 4.69) is 28.2 Å². The Morgan fingerprint density at radius 1 is 1.25 bits per heavy atom. The number of carboxylic acid groups (broad SMARTS) is 2. The van der Waals surface area contributed by atoms with Gasteiger partial charge in [0, 0.05) is 18.3 Å². The van der Waals surface area contributed by atoms with E-state index in [9.17, 15) is 0 Å². The number of rotatable bonds is 1. The molecule has 2 aliphatic rings. The van der Waals surface area contributed by atoms with Gasteiger partial charge >= 0.3 is 11.9 Å². The molecule has 3 rings (SSSR count). The number of nitrogens with zero attached hydrogens (tertiary/aromatic N) is 2. The van der Waals surface area contributed by atoms with Crippen LogP contribution in [0.3, 0.4) is 0 Å². The molecular weight excluding hydrogens is 262 g/mol. The average Bonchev–Trinajstić information content (AvgIpc) is 2.96. The molecule has 7 heteroatoms. The van der Waals surface area contributed by atoms with Crippen LogP contribution in [0, 0.1) is 6.92 Å². The van der Waals surface area contributed by atoms with Gasteiger partial charge in [0.25, 0.3) is 0 Å². The number of piperidine rings is 1. The standard InChI is InChI=1S/C11H17N3.C2H2O4/c1-8-6-12-14(7-8)11-4-9-2-3-10(5-11)13-9;3-1(4)2(5)6/h6-7,9-11,13H,2-5H2,1H3;(H,3,4)(H,5,6). The average molecular weight is 281 g/mol. The quantitative estimate of drug-likeness (QED) is 0.658. The van der Waals surface area contributed by atoms with Crippen molar-refractivity contribution < 1.29 is 19.8 Å². The minimum atomic E-state index is -1.82. The van der Waals surface area contributed by atoms with Crippen LogP contribution in [0.25, 0.3) is 0 Å². The molecular formula is C13H19N3O4. The number of hydrogen-bond donors (Lipinski definition) is 3. The third-order valence-electron chi connectivity index (χ3n) is 3.74. The first-order valence-corrected chi connectivity index (χ1v) is 6.68. The largest absolute Gasteiger partial charge is 0.473 e. The molecule has 0 aliphatic carbocycles. The fourth-order valence-corrected chi connectivity index (χ4v) is 2.88. The third kappa shape index (κ3) is 3.57. The molecule has 3 heterocycles. The second-order valence-electron chi connectivity index (χ2n) is 5.37. The van der Waals surface area contributed by atoms with Crippen molar-refractivity contribution >= 4 is 11.9 Å². The zero-order valence-corrected chi connectivity index (χ0v) is 11.3. The second-order valence-corrected chi connectivity index (χ2v) is 5.37. The molecule has 20 heavy (non-hydrogen) atoms. The molecule has 2 saturated heterocycles. The highest BCUT2D eigenvalue weighted by Crippen LogP contribution is 2.33. The molecule has 0 radical (unpaired) electrons. The van der Waals surface area contributed by atoms with E-state index >= 15 is 0 Å². The Balaban J connectivity index is 0.000000212. The maximum atomic E-state index is 9.10. The first kappa shape index (κ1) is 14.5. The van der Waals surface area contributed by atoms with Gasteiger partial charge in [0.05, 0.1) is 12.2 Å². The van der Waals surface area contributed by atoms with Crippen molar-refractivity contribution in [2.24, 2.45) is 0 Å². The third-order valence-corrected chi connectivity index (χ3v) is 3.74. The monoisotopic (exact) mass is 281 g/mol. The number of hydrogen-bond acceptors (Lipinski definition) is 4. The summed E-state index contributed by atoms with van der Waals surface area (Å²) in [6.45, 7) is 2.11. The van der Waals surface area contributed by atoms with Gasteiger partial charge in [-0.25, -0.2) is 9.59 Å². The van der Waals surface area contributed by atoms with Crippen LogP contribution < -0.4 is 5.32 Å².